The maximum atomic E-state index is 13.0. The summed E-state index contributed by atoms with van der Waals surface area (Å²) in [6.45, 7) is 10.1. The van der Waals surface area contributed by atoms with Gasteiger partial charge in [-0.15, -0.1) is 0 Å². The van der Waals surface area contributed by atoms with E-state index < -0.39 is 11.6 Å². The second kappa shape index (κ2) is 4.96. The van der Waals surface area contributed by atoms with E-state index in [9.17, 15) is 8.78 Å². The van der Waals surface area contributed by atoms with Crippen LogP contribution in [-0.2, 0) is 6.42 Å². The highest BCUT2D eigenvalue weighted by Gasteiger charge is 2.21. The second-order valence-corrected chi connectivity index (χ2v) is 5.33. The minimum Gasteiger partial charge on any atom is -0.324 e. The molecule has 1 rings (SSSR count). The molecule has 0 radical (unpaired) electrons. The lowest BCUT2D eigenvalue weighted by molar-refractivity contribution is 0.460. The summed E-state index contributed by atoms with van der Waals surface area (Å²) in [5.41, 5.74) is 7.51. The number of halogens is 2. The van der Waals surface area contributed by atoms with Crippen LogP contribution in [0, 0.1) is 17.0 Å². The molecule has 0 saturated heterocycles. The van der Waals surface area contributed by atoms with Crippen molar-refractivity contribution in [1.29, 1.82) is 0 Å². The first kappa shape index (κ1) is 13.8. The Balaban J connectivity index is 2.78. The molecule has 0 bridgehead atoms. The lowest BCUT2D eigenvalue weighted by atomic mass is 9.81. The molecule has 3 heteroatoms. The van der Waals surface area contributed by atoms with E-state index in [0.29, 0.717) is 12.0 Å². The molecule has 0 aliphatic carbocycles. The largest absolute Gasteiger partial charge is 0.324 e. The van der Waals surface area contributed by atoms with Gasteiger partial charge in [-0.3, -0.25) is 0 Å². The molecule has 17 heavy (non-hydrogen) atoms. The van der Waals surface area contributed by atoms with E-state index in [1.54, 1.807) is 6.07 Å². The minimum atomic E-state index is -0.837. The molecule has 1 atom stereocenters. The number of rotatable bonds is 3. The predicted octanol–water partition coefficient (Wildman–Crippen LogP) is 3.44. The van der Waals surface area contributed by atoms with Crippen LogP contribution in [0.2, 0.25) is 0 Å². The molecule has 0 saturated carbocycles. The van der Waals surface area contributed by atoms with Gasteiger partial charge in [0.05, 0.1) is 0 Å². The van der Waals surface area contributed by atoms with Crippen LogP contribution in [0.3, 0.4) is 0 Å². The van der Waals surface area contributed by atoms with Crippen LogP contribution in [0.25, 0.3) is 0 Å². The summed E-state index contributed by atoms with van der Waals surface area (Å²) in [6, 6.07) is 3.61. The standard InChI is InChI=1S/C14H19F2N/c1-9(14(2,3)4)13(17)8-10-5-6-11(15)12(16)7-10/h5-7,13H,1,8,17H2,2-4H3/t13-/m1/s1. The van der Waals surface area contributed by atoms with Gasteiger partial charge in [0.2, 0.25) is 0 Å². The third-order valence-electron chi connectivity index (χ3n) is 2.85. The molecule has 0 aliphatic heterocycles. The maximum Gasteiger partial charge on any atom is 0.159 e. The van der Waals surface area contributed by atoms with Crippen LogP contribution in [0.4, 0.5) is 8.78 Å². The smallest absolute Gasteiger partial charge is 0.159 e. The van der Waals surface area contributed by atoms with Crippen molar-refractivity contribution in [3.05, 3.63) is 47.5 Å². The molecule has 0 amide bonds. The van der Waals surface area contributed by atoms with Gasteiger partial charge < -0.3 is 5.73 Å². The number of hydrogen-bond acceptors (Lipinski definition) is 1. The van der Waals surface area contributed by atoms with Gasteiger partial charge in [-0.25, -0.2) is 8.78 Å². The SMILES string of the molecule is C=C([C@H](N)Cc1ccc(F)c(F)c1)C(C)(C)C. The van der Waals surface area contributed by atoms with Gasteiger partial charge in [0.1, 0.15) is 0 Å². The van der Waals surface area contributed by atoms with Gasteiger partial charge in [0.15, 0.2) is 11.6 Å². The van der Waals surface area contributed by atoms with E-state index in [1.165, 1.54) is 6.07 Å². The van der Waals surface area contributed by atoms with E-state index in [1.807, 2.05) is 20.8 Å². The van der Waals surface area contributed by atoms with Gasteiger partial charge >= 0.3 is 0 Å². The molecule has 0 heterocycles. The summed E-state index contributed by atoms with van der Waals surface area (Å²) in [5, 5.41) is 0. The van der Waals surface area contributed by atoms with Gasteiger partial charge in [-0.2, -0.15) is 0 Å². The van der Waals surface area contributed by atoms with Crippen molar-refractivity contribution in [2.24, 2.45) is 11.1 Å². The van der Waals surface area contributed by atoms with Crippen LogP contribution in [0.5, 0.6) is 0 Å². The summed E-state index contributed by atoms with van der Waals surface area (Å²) in [6.07, 6.45) is 0.466. The van der Waals surface area contributed by atoms with Gasteiger partial charge in [0, 0.05) is 6.04 Å². The molecule has 0 fully saturated rings. The second-order valence-electron chi connectivity index (χ2n) is 5.33. The molecule has 0 spiro atoms. The van der Waals surface area contributed by atoms with E-state index in [4.69, 9.17) is 5.73 Å². The van der Waals surface area contributed by atoms with E-state index in [2.05, 4.69) is 6.58 Å². The van der Waals surface area contributed by atoms with Gasteiger partial charge in [0.25, 0.3) is 0 Å². The molecule has 0 unspecified atom stereocenters. The van der Waals surface area contributed by atoms with Crippen molar-refractivity contribution in [3.8, 4) is 0 Å². The Morgan fingerprint density at radius 1 is 1.29 bits per heavy atom. The summed E-state index contributed by atoms with van der Waals surface area (Å²) < 4.78 is 25.8. The lowest BCUT2D eigenvalue weighted by Gasteiger charge is -2.27. The molecular formula is C14H19F2N. The van der Waals surface area contributed by atoms with Crippen LogP contribution >= 0.6 is 0 Å². The van der Waals surface area contributed by atoms with Crippen LogP contribution in [-0.4, -0.2) is 6.04 Å². The van der Waals surface area contributed by atoms with Crippen LogP contribution in [0.15, 0.2) is 30.4 Å². The Labute approximate surface area is 101 Å². The topological polar surface area (TPSA) is 26.0 Å². The Kier molecular flexibility index (Phi) is 4.04. The Bertz CT molecular complexity index is 419. The number of benzene rings is 1. The van der Waals surface area contributed by atoms with Crippen molar-refractivity contribution in [2.45, 2.75) is 33.2 Å². The highest BCUT2D eigenvalue weighted by atomic mass is 19.2. The molecule has 1 nitrogen and oxygen atoms in total. The molecule has 0 aromatic heterocycles. The number of hydrogen-bond donors (Lipinski definition) is 1. The van der Waals surface area contributed by atoms with E-state index in [-0.39, 0.29) is 11.5 Å². The first-order valence-corrected chi connectivity index (χ1v) is 5.60. The summed E-state index contributed by atoms with van der Waals surface area (Å²) in [7, 11) is 0. The fraction of sp³-hybridized carbons (Fsp3) is 0.429. The zero-order chi connectivity index (χ0) is 13.2. The van der Waals surface area contributed by atoms with Gasteiger partial charge in [-0.05, 0) is 29.5 Å². The fourth-order valence-electron chi connectivity index (χ4n) is 1.60. The van der Waals surface area contributed by atoms with E-state index in [0.717, 1.165) is 11.6 Å². The normalized spacial score (nSPS) is 13.5. The third kappa shape index (κ3) is 3.63. The lowest BCUT2D eigenvalue weighted by Crippen LogP contribution is -2.31. The van der Waals surface area contributed by atoms with Crippen molar-refractivity contribution in [1.82, 2.24) is 0 Å². The minimum absolute atomic E-state index is 0.0853. The van der Waals surface area contributed by atoms with Crippen molar-refractivity contribution in [2.75, 3.05) is 0 Å². The zero-order valence-electron chi connectivity index (χ0n) is 10.6. The van der Waals surface area contributed by atoms with Crippen molar-refractivity contribution >= 4 is 0 Å². The fourth-order valence-corrected chi connectivity index (χ4v) is 1.60. The third-order valence-corrected chi connectivity index (χ3v) is 2.85. The first-order valence-electron chi connectivity index (χ1n) is 5.60. The predicted molar refractivity (Wildman–Crippen MR) is 66.6 cm³/mol. The maximum absolute atomic E-state index is 13.0. The van der Waals surface area contributed by atoms with Crippen LogP contribution < -0.4 is 5.73 Å². The zero-order valence-corrected chi connectivity index (χ0v) is 10.6. The first-order chi connectivity index (χ1) is 7.71. The molecule has 0 aliphatic rings. The Morgan fingerprint density at radius 2 is 1.88 bits per heavy atom. The monoisotopic (exact) mass is 239 g/mol. The quantitative estimate of drug-likeness (QED) is 0.803. The Hall–Kier alpha value is -1.22. The summed E-state index contributed by atoms with van der Waals surface area (Å²) in [4.78, 5) is 0. The average Bonchev–Trinajstić information content (AvgIpc) is 2.21. The van der Waals surface area contributed by atoms with Crippen molar-refractivity contribution < 1.29 is 8.78 Å². The molecule has 2 N–H and O–H groups in total. The van der Waals surface area contributed by atoms with Crippen molar-refractivity contribution in [3.63, 3.8) is 0 Å². The Morgan fingerprint density at radius 3 is 2.35 bits per heavy atom. The molecule has 94 valence electrons. The average molecular weight is 239 g/mol. The highest BCUT2D eigenvalue weighted by Crippen LogP contribution is 2.27. The molecular weight excluding hydrogens is 220 g/mol. The summed E-state index contributed by atoms with van der Waals surface area (Å²) in [5.74, 6) is -1.67. The highest BCUT2D eigenvalue weighted by molar-refractivity contribution is 5.23. The molecule has 1 aromatic carbocycles. The van der Waals surface area contributed by atoms with Crippen LogP contribution in [0.1, 0.15) is 26.3 Å². The van der Waals surface area contributed by atoms with Gasteiger partial charge in [-0.1, -0.05) is 39.0 Å². The summed E-state index contributed by atoms with van der Waals surface area (Å²) >= 11 is 0. The molecule has 1 aromatic rings. The van der Waals surface area contributed by atoms with E-state index >= 15 is 0 Å². The number of nitrogens with two attached hydrogens (primary N) is 1.